The van der Waals surface area contributed by atoms with E-state index in [1.165, 1.54) is 5.56 Å². The average Bonchev–Trinajstić information content (AvgIpc) is 2.33. The highest BCUT2D eigenvalue weighted by atomic mass is 14.8. The molecular formula is C9H9N. The Balaban J connectivity index is 2.87. The lowest BCUT2D eigenvalue weighted by Gasteiger charge is -1.94. The highest BCUT2D eigenvalue weighted by Crippen LogP contribution is 2.05. The number of pyridine rings is 1. The summed E-state index contributed by atoms with van der Waals surface area (Å²) in [5, 5.41) is 0. The van der Waals surface area contributed by atoms with Gasteiger partial charge in [0.25, 0.3) is 0 Å². The van der Waals surface area contributed by atoms with Crippen LogP contribution in [0.1, 0.15) is 6.93 Å². The van der Waals surface area contributed by atoms with Gasteiger partial charge in [0.2, 0.25) is 0 Å². The topological polar surface area (TPSA) is 4.41 Å². The molecule has 2 heterocycles. The van der Waals surface area contributed by atoms with E-state index in [0.29, 0.717) is 6.04 Å². The first kappa shape index (κ1) is 4.56. The molecule has 0 aliphatic carbocycles. The van der Waals surface area contributed by atoms with Gasteiger partial charge in [0, 0.05) is 17.9 Å². The Labute approximate surface area is 61.3 Å². The zero-order valence-electron chi connectivity index (χ0n) is 6.83. The normalized spacial score (nSPS) is 11.9. The van der Waals surface area contributed by atoms with Gasteiger partial charge in [-0.15, -0.1) is 0 Å². The van der Waals surface area contributed by atoms with Crippen LogP contribution in [0.2, 0.25) is 0 Å². The van der Waals surface area contributed by atoms with Gasteiger partial charge in [-0.1, -0.05) is 0 Å². The Kier molecular flexibility index (Phi) is 0.853. The average molecular weight is 132 g/mol. The number of nitrogens with zero attached hydrogens (tertiary/aromatic N) is 1. The minimum Gasteiger partial charge on any atom is -0.324 e. The van der Waals surface area contributed by atoms with E-state index in [1.54, 1.807) is 6.07 Å². The third-order valence-electron chi connectivity index (χ3n) is 1.61. The first-order valence-corrected chi connectivity index (χ1v) is 3.31. The molecule has 0 aliphatic heterocycles. The molecule has 0 spiro atoms. The van der Waals surface area contributed by atoms with E-state index in [4.69, 9.17) is 1.37 Å². The van der Waals surface area contributed by atoms with Crippen molar-refractivity contribution in [2.75, 3.05) is 0 Å². The van der Waals surface area contributed by atoms with Crippen LogP contribution in [0, 0.1) is 6.92 Å². The Bertz CT molecular complexity index is 389. The molecule has 0 unspecified atom stereocenters. The van der Waals surface area contributed by atoms with E-state index in [-0.39, 0.29) is 0 Å². The van der Waals surface area contributed by atoms with Crippen LogP contribution in [-0.2, 0) is 0 Å². The van der Waals surface area contributed by atoms with E-state index in [9.17, 15) is 0 Å². The van der Waals surface area contributed by atoms with Gasteiger partial charge in [0.15, 0.2) is 0 Å². The second-order valence-corrected chi connectivity index (χ2v) is 2.46. The van der Waals surface area contributed by atoms with Crippen LogP contribution >= 0.6 is 0 Å². The molecule has 0 radical (unpaired) electrons. The maximum absolute atomic E-state index is 7.52. The van der Waals surface area contributed by atoms with Crippen molar-refractivity contribution in [2.24, 2.45) is 0 Å². The van der Waals surface area contributed by atoms with Crippen LogP contribution in [0.15, 0.2) is 36.6 Å². The van der Waals surface area contributed by atoms with Gasteiger partial charge in [-0.05, 0) is 36.7 Å². The summed E-state index contributed by atoms with van der Waals surface area (Å²) < 4.78 is 9.47. The first-order valence-electron chi connectivity index (χ1n) is 3.81. The molecule has 0 N–H and O–H groups in total. The molecule has 2 aromatic rings. The van der Waals surface area contributed by atoms with Gasteiger partial charge in [-0.3, -0.25) is 0 Å². The molecule has 10 heavy (non-hydrogen) atoms. The fraction of sp³-hybridized carbons (Fsp3) is 0.111. The highest BCUT2D eigenvalue weighted by Gasteiger charge is 1.88. The first-order chi connectivity index (χ1) is 5.27. The van der Waals surface area contributed by atoms with Crippen molar-refractivity contribution in [3.05, 3.63) is 42.2 Å². The fourth-order valence-corrected chi connectivity index (χ4v) is 1.07. The number of aromatic nitrogens is 1. The maximum atomic E-state index is 7.52. The van der Waals surface area contributed by atoms with Gasteiger partial charge in [0.1, 0.15) is 0 Å². The molecule has 0 bridgehead atoms. The number of rotatable bonds is 0. The summed E-state index contributed by atoms with van der Waals surface area (Å²) in [4.78, 5) is 0. The van der Waals surface area contributed by atoms with Gasteiger partial charge in [-0.25, -0.2) is 0 Å². The molecule has 50 valence electrons. The van der Waals surface area contributed by atoms with Crippen molar-refractivity contribution in [3.63, 3.8) is 0 Å². The molecule has 0 aromatic carbocycles. The standard InChI is InChI=1S/C9H9N/c1-8-4-6-10-5-2-3-9(10)7-8/h2-7H,1H3/i3D. The van der Waals surface area contributed by atoms with Gasteiger partial charge < -0.3 is 4.40 Å². The predicted molar refractivity (Wildman–Crippen MR) is 42.1 cm³/mol. The third kappa shape index (κ3) is 0.711. The highest BCUT2D eigenvalue weighted by molar-refractivity contribution is 5.49. The van der Waals surface area contributed by atoms with Crippen LogP contribution < -0.4 is 0 Å². The van der Waals surface area contributed by atoms with Crippen molar-refractivity contribution < 1.29 is 1.37 Å². The lowest BCUT2D eigenvalue weighted by atomic mass is 10.3. The molecule has 0 saturated heterocycles. The monoisotopic (exact) mass is 132 g/mol. The number of fused-ring (bicyclic) bond motifs is 1. The Morgan fingerprint density at radius 3 is 3.30 bits per heavy atom. The summed E-state index contributed by atoms with van der Waals surface area (Å²) in [5.74, 6) is 0. The molecule has 0 amide bonds. The molecule has 2 rings (SSSR count). The van der Waals surface area contributed by atoms with Crippen molar-refractivity contribution in [1.82, 2.24) is 4.40 Å². The maximum Gasteiger partial charge on any atom is 0.0645 e. The zero-order valence-corrected chi connectivity index (χ0v) is 5.83. The van der Waals surface area contributed by atoms with E-state index >= 15 is 0 Å². The minimum absolute atomic E-state index is 0.591. The number of hydrogen-bond acceptors (Lipinski definition) is 0. The summed E-state index contributed by atoms with van der Waals surface area (Å²) in [6.45, 7) is 2.03. The van der Waals surface area contributed by atoms with Crippen molar-refractivity contribution in [2.45, 2.75) is 6.92 Å². The molecular weight excluding hydrogens is 122 g/mol. The van der Waals surface area contributed by atoms with E-state index in [1.807, 2.05) is 35.9 Å². The van der Waals surface area contributed by atoms with Crippen LogP contribution in [0.5, 0.6) is 0 Å². The molecule has 1 heteroatoms. The SMILES string of the molecule is [2H]c1ccn2ccc(C)cc12. The minimum atomic E-state index is 0.591. The molecule has 1 nitrogen and oxygen atoms in total. The second-order valence-electron chi connectivity index (χ2n) is 2.46. The van der Waals surface area contributed by atoms with Crippen LogP contribution in [0.4, 0.5) is 0 Å². The van der Waals surface area contributed by atoms with E-state index in [0.717, 1.165) is 5.52 Å². The number of hydrogen-bond donors (Lipinski definition) is 0. The Morgan fingerprint density at radius 2 is 2.40 bits per heavy atom. The quantitative estimate of drug-likeness (QED) is 0.518. The fourth-order valence-electron chi connectivity index (χ4n) is 1.07. The van der Waals surface area contributed by atoms with Crippen LogP contribution in [0.25, 0.3) is 5.52 Å². The molecule has 0 fully saturated rings. The molecule has 0 aliphatic rings. The summed E-state index contributed by atoms with van der Waals surface area (Å²) >= 11 is 0. The van der Waals surface area contributed by atoms with Crippen molar-refractivity contribution in [1.29, 1.82) is 0 Å². The number of aryl methyl sites for hydroxylation is 1. The van der Waals surface area contributed by atoms with Crippen molar-refractivity contribution in [3.8, 4) is 0 Å². The summed E-state index contributed by atoms with van der Waals surface area (Å²) in [6.07, 6.45) is 3.87. The molecule has 2 aromatic heterocycles. The zero-order chi connectivity index (χ0) is 7.84. The molecule has 0 atom stereocenters. The smallest absolute Gasteiger partial charge is 0.0645 e. The lowest BCUT2D eigenvalue weighted by molar-refractivity contribution is 1.18. The predicted octanol–water partition coefficient (Wildman–Crippen LogP) is 2.25. The summed E-state index contributed by atoms with van der Waals surface area (Å²) in [7, 11) is 0. The summed E-state index contributed by atoms with van der Waals surface area (Å²) in [6, 6.07) is 6.44. The van der Waals surface area contributed by atoms with Crippen molar-refractivity contribution >= 4 is 5.52 Å². The van der Waals surface area contributed by atoms with Gasteiger partial charge in [-0.2, -0.15) is 0 Å². The van der Waals surface area contributed by atoms with Crippen LogP contribution in [0.3, 0.4) is 0 Å². The summed E-state index contributed by atoms with van der Waals surface area (Å²) in [5.41, 5.74) is 2.18. The second kappa shape index (κ2) is 1.87. The molecule has 0 saturated carbocycles. The van der Waals surface area contributed by atoms with Gasteiger partial charge in [0.05, 0.1) is 1.37 Å². The third-order valence-corrected chi connectivity index (χ3v) is 1.61. The van der Waals surface area contributed by atoms with Gasteiger partial charge >= 0.3 is 0 Å². The van der Waals surface area contributed by atoms with E-state index in [2.05, 4.69) is 0 Å². The largest absolute Gasteiger partial charge is 0.324 e. The lowest BCUT2D eigenvalue weighted by Crippen LogP contribution is -1.80. The van der Waals surface area contributed by atoms with Crippen LogP contribution in [-0.4, -0.2) is 4.40 Å². The Hall–Kier alpha value is -1.24. The van der Waals surface area contributed by atoms with E-state index < -0.39 is 0 Å². The Morgan fingerprint density at radius 1 is 1.50 bits per heavy atom.